The van der Waals surface area contributed by atoms with E-state index in [1.54, 1.807) is 0 Å². The fraction of sp³-hybridized carbons (Fsp3) is 0.462. The molecule has 88 valence electrons. The largest absolute Gasteiger partial charge is 0.442 e. The number of benzene rings is 1. The van der Waals surface area contributed by atoms with Crippen molar-refractivity contribution in [2.24, 2.45) is 5.73 Å². The van der Waals surface area contributed by atoms with Crippen molar-refractivity contribution in [2.75, 3.05) is 0 Å². The van der Waals surface area contributed by atoms with Gasteiger partial charge in [0.05, 0.1) is 0 Å². The topological polar surface area (TPSA) is 52.3 Å². The van der Waals surface area contributed by atoms with E-state index in [2.05, 4.69) is 6.92 Å². The monoisotopic (exact) mass is 221 g/mol. The molecule has 0 radical (unpaired) electrons. The van der Waals surface area contributed by atoms with E-state index < -0.39 is 6.09 Å². The molecule has 3 nitrogen and oxygen atoms in total. The van der Waals surface area contributed by atoms with E-state index in [0.717, 1.165) is 31.2 Å². The van der Waals surface area contributed by atoms with E-state index >= 15 is 0 Å². The smallest absolute Gasteiger partial charge is 0.405 e. The summed E-state index contributed by atoms with van der Waals surface area (Å²) in [6.07, 6.45) is 3.27. The van der Waals surface area contributed by atoms with E-state index in [1.807, 2.05) is 30.3 Å². The molecule has 1 unspecified atom stereocenters. The zero-order valence-electron chi connectivity index (χ0n) is 9.69. The van der Waals surface area contributed by atoms with Gasteiger partial charge in [-0.3, -0.25) is 0 Å². The lowest BCUT2D eigenvalue weighted by Gasteiger charge is -2.16. The zero-order chi connectivity index (χ0) is 11.8. The highest BCUT2D eigenvalue weighted by atomic mass is 16.6. The van der Waals surface area contributed by atoms with E-state index in [9.17, 15) is 4.79 Å². The third-order valence-electron chi connectivity index (χ3n) is 2.50. The molecule has 0 aliphatic heterocycles. The molecule has 0 bridgehead atoms. The number of carbonyl (C=O) groups is 1. The van der Waals surface area contributed by atoms with Crippen LogP contribution < -0.4 is 5.73 Å². The van der Waals surface area contributed by atoms with Crippen molar-refractivity contribution in [1.29, 1.82) is 0 Å². The molecule has 1 aromatic carbocycles. The average Bonchev–Trinajstić information content (AvgIpc) is 2.29. The van der Waals surface area contributed by atoms with Gasteiger partial charge in [0, 0.05) is 0 Å². The van der Waals surface area contributed by atoms with Gasteiger partial charge in [-0.2, -0.15) is 0 Å². The Kier molecular flexibility index (Phi) is 5.40. The summed E-state index contributed by atoms with van der Waals surface area (Å²) in [4.78, 5) is 10.8. The molecule has 16 heavy (non-hydrogen) atoms. The van der Waals surface area contributed by atoms with Gasteiger partial charge < -0.3 is 10.5 Å². The number of amides is 1. The SMILES string of the molecule is CCCCCC(OC(N)=O)c1ccccc1. The van der Waals surface area contributed by atoms with E-state index in [4.69, 9.17) is 10.5 Å². The second kappa shape index (κ2) is 6.88. The first-order chi connectivity index (χ1) is 7.74. The van der Waals surface area contributed by atoms with Crippen LogP contribution in [-0.4, -0.2) is 6.09 Å². The van der Waals surface area contributed by atoms with Crippen LogP contribution in [0.15, 0.2) is 30.3 Å². The standard InChI is InChI=1S/C13H19NO2/c1-2-3-5-10-12(16-13(14)15)11-8-6-4-7-9-11/h4,6-9,12H,2-3,5,10H2,1H3,(H2,14,15). The lowest BCUT2D eigenvalue weighted by atomic mass is 10.0. The molecule has 0 aromatic heterocycles. The van der Waals surface area contributed by atoms with Gasteiger partial charge in [0.25, 0.3) is 0 Å². The van der Waals surface area contributed by atoms with Crippen LogP contribution in [0.25, 0.3) is 0 Å². The van der Waals surface area contributed by atoms with Crippen LogP contribution in [-0.2, 0) is 4.74 Å². The van der Waals surface area contributed by atoms with Crippen molar-refractivity contribution in [3.63, 3.8) is 0 Å². The Bertz CT molecular complexity index is 311. The molecule has 0 saturated heterocycles. The van der Waals surface area contributed by atoms with Crippen molar-refractivity contribution in [2.45, 2.75) is 38.7 Å². The first-order valence-electron chi connectivity index (χ1n) is 5.75. The average molecular weight is 221 g/mol. The summed E-state index contributed by atoms with van der Waals surface area (Å²) in [5.41, 5.74) is 6.09. The van der Waals surface area contributed by atoms with Crippen molar-refractivity contribution < 1.29 is 9.53 Å². The lowest BCUT2D eigenvalue weighted by molar-refractivity contribution is 0.0995. The van der Waals surface area contributed by atoms with Gasteiger partial charge in [-0.15, -0.1) is 0 Å². The van der Waals surface area contributed by atoms with Crippen LogP contribution in [0.4, 0.5) is 4.79 Å². The lowest BCUT2D eigenvalue weighted by Crippen LogP contribution is -2.17. The predicted octanol–water partition coefficient (Wildman–Crippen LogP) is 3.40. The first-order valence-corrected chi connectivity index (χ1v) is 5.75. The summed E-state index contributed by atoms with van der Waals surface area (Å²) in [6.45, 7) is 2.15. The Labute approximate surface area is 96.6 Å². The number of hydrogen-bond acceptors (Lipinski definition) is 2. The highest BCUT2D eigenvalue weighted by molar-refractivity contribution is 5.65. The number of nitrogens with two attached hydrogens (primary N) is 1. The Balaban J connectivity index is 2.60. The van der Waals surface area contributed by atoms with Gasteiger partial charge in [-0.05, 0) is 18.4 Å². The molecule has 0 spiro atoms. The highest BCUT2D eigenvalue weighted by Crippen LogP contribution is 2.23. The van der Waals surface area contributed by atoms with E-state index in [1.165, 1.54) is 0 Å². The van der Waals surface area contributed by atoms with E-state index in [-0.39, 0.29) is 6.10 Å². The summed E-state index contributed by atoms with van der Waals surface area (Å²) in [5, 5.41) is 0. The van der Waals surface area contributed by atoms with Gasteiger partial charge >= 0.3 is 6.09 Å². The summed E-state index contributed by atoms with van der Waals surface area (Å²) < 4.78 is 5.12. The minimum absolute atomic E-state index is 0.203. The number of primary amides is 1. The Morgan fingerprint density at radius 3 is 2.56 bits per heavy atom. The van der Waals surface area contributed by atoms with Crippen LogP contribution in [0, 0.1) is 0 Å². The van der Waals surface area contributed by atoms with Gasteiger partial charge in [-0.25, -0.2) is 4.79 Å². The Morgan fingerprint density at radius 1 is 1.31 bits per heavy atom. The van der Waals surface area contributed by atoms with Gasteiger partial charge in [-0.1, -0.05) is 50.1 Å². The highest BCUT2D eigenvalue weighted by Gasteiger charge is 2.13. The molecule has 0 saturated carbocycles. The maximum Gasteiger partial charge on any atom is 0.405 e. The summed E-state index contributed by atoms with van der Waals surface area (Å²) >= 11 is 0. The van der Waals surface area contributed by atoms with Gasteiger partial charge in [0.2, 0.25) is 0 Å². The van der Waals surface area contributed by atoms with Crippen molar-refractivity contribution >= 4 is 6.09 Å². The fourth-order valence-electron chi connectivity index (χ4n) is 1.68. The van der Waals surface area contributed by atoms with Crippen LogP contribution in [0.5, 0.6) is 0 Å². The molecular formula is C13H19NO2. The quantitative estimate of drug-likeness (QED) is 0.748. The van der Waals surface area contributed by atoms with Gasteiger partial charge in [0.15, 0.2) is 0 Å². The molecule has 0 aliphatic carbocycles. The summed E-state index contributed by atoms with van der Waals surface area (Å²) in [7, 11) is 0. The maximum absolute atomic E-state index is 10.8. The van der Waals surface area contributed by atoms with E-state index in [0.29, 0.717) is 0 Å². The predicted molar refractivity (Wildman–Crippen MR) is 64.0 cm³/mol. The number of carbonyl (C=O) groups excluding carboxylic acids is 1. The Hall–Kier alpha value is -1.51. The molecule has 1 rings (SSSR count). The molecule has 1 atom stereocenters. The number of ether oxygens (including phenoxy) is 1. The third kappa shape index (κ3) is 4.34. The molecule has 1 aromatic rings. The van der Waals surface area contributed by atoms with Crippen molar-refractivity contribution in [1.82, 2.24) is 0 Å². The molecule has 1 amide bonds. The summed E-state index contributed by atoms with van der Waals surface area (Å²) in [6, 6.07) is 9.73. The molecule has 2 N–H and O–H groups in total. The van der Waals surface area contributed by atoms with Crippen LogP contribution in [0.3, 0.4) is 0 Å². The third-order valence-corrected chi connectivity index (χ3v) is 2.50. The van der Waals surface area contributed by atoms with Crippen LogP contribution in [0.2, 0.25) is 0 Å². The van der Waals surface area contributed by atoms with Crippen LogP contribution >= 0.6 is 0 Å². The first kappa shape index (κ1) is 12.6. The number of hydrogen-bond donors (Lipinski definition) is 1. The fourth-order valence-corrected chi connectivity index (χ4v) is 1.68. The maximum atomic E-state index is 10.8. The summed E-state index contributed by atoms with van der Waals surface area (Å²) in [5.74, 6) is 0. The van der Waals surface area contributed by atoms with Gasteiger partial charge in [0.1, 0.15) is 6.10 Å². The minimum atomic E-state index is -0.703. The van der Waals surface area contributed by atoms with Crippen LogP contribution in [0.1, 0.15) is 44.3 Å². The molecule has 3 heteroatoms. The Morgan fingerprint density at radius 2 is 2.00 bits per heavy atom. The normalized spacial score (nSPS) is 12.1. The zero-order valence-corrected chi connectivity index (χ0v) is 9.69. The number of unbranched alkanes of at least 4 members (excludes halogenated alkanes) is 2. The molecule has 0 aliphatic rings. The van der Waals surface area contributed by atoms with Crippen molar-refractivity contribution in [3.05, 3.63) is 35.9 Å². The molecule has 0 heterocycles. The van der Waals surface area contributed by atoms with Crippen molar-refractivity contribution in [3.8, 4) is 0 Å². The number of rotatable bonds is 6. The second-order valence-corrected chi connectivity index (χ2v) is 3.83. The minimum Gasteiger partial charge on any atom is -0.442 e. The molecular weight excluding hydrogens is 202 g/mol. The second-order valence-electron chi connectivity index (χ2n) is 3.83. The molecule has 0 fully saturated rings.